The third-order valence-electron chi connectivity index (χ3n) is 2.39. The Morgan fingerprint density at radius 1 is 1.20 bits per heavy atom. The van der Waals surface area contributed by atoms with Gasteiger partial charge in [-0.25, -0.2) is 13.2 Å². The number of anilines is 2. The van der Waals surface area contributed by atoms with E-state index >= 15 is 0 Å². The summed E-state index contributed by atoms with van der Waals surface area (Å²) >= 11 is 5.50. The molecule has 0 saturated heterocycles. The van der Waals surface area contributed by atoms with E-state index in [2.05, 4.69) is 14.8 Å². The van der Waals surface area contributed by atoms with Gasteiger partial charge in [0.25, 0.3) is 0 Å². The zero-order valence-corrected chi connectivity index (χ0v) is 12.6. The van der Waals surface area contributed by atoms with Crippen LogP contribution >= 0.6 is 11.6 Å². The SMILES string of the molecule is COC(=O)Nc1ccc(NS(=O)(=O)CCCCCl)cc1. The van der Waals surface area contributed by atoms with Gasteiger partial charge in [-0.1, -0.05) is 0 Å². The fourth-order valence-electron chi connectivity index (χ4n) is 1.41. The average molecular weight is 321 g/mol. The number of amides is 1. The number of hydrogen-bond donors (Lipinski definition) is 2. The lowest BCUT2D eigenvalue weighted by molar-refractivity contribution is 0.187. The minimum absolute atomic E-state index is 0.0296. The summed E-state index contributed by atoms with van der Waals surface area (Å²) < 4.78 is 30.4. The molecule has 1 aromatic carbocycles. The molecule has 8 heteroatoms. The van der Waals surface area contributed by atoms with E-state index in [9.17, 15) is 13.2 Å². The molecule has 0 unspecified atom stereocenters. The van der Waals surface area contributed by atoms with Crippen molar-refractivity contribution in [2.45, 2.75) is 12.8 Å². The first kappa shape index (κ1) is 16.6. The second-order valence-electron chi connectivity index (χ2n) is 4.01. The summed E-state index contributed by atoms with van der Waals surface area (Å²) in [5.41, 5.74) is 0.952. The molecular formula is C12H17ClN2O4S. The highest BCUT2D eigenvalue weighted by Crippen LogP contribution is 2.15. The van der Waals surface area contributed by atoms with E-state index in [1.54, 1.807) is 24.3 Å². The van der Waals surface area contributed by atoms with Gasteiger partial charge in [0.15, 0.2) is 0 Å². The van der Waals surface area contributed by atoms with E-state index in [1.807, 2.05) is 0 Å². The van der Waals surface area contributed by atoms with Crippen molar-refractivity contribution in [2.75, 3.05) is 28.8 Å². The second-order valence-corrected chi connectivity index (χ2v) is 6.23. The topological polar surface area (TPSA) is 84.5 Å². The van der Waals surface area contributed by atoms with Crippen molar-refractivity contribution in [3.63, 3.8) is 0 Å². The highest BCUT2D eigenvalue weighted by Gasteiger charge is 2.10. The summed E-state index contributed by atoms with van der Waals surface area (Å²) in [6.07, 6.45) is 0.588. The fourth-order valence-corrected chi connectivity index (χ4v) is 2.78. The van der Waals surface area contributed by atoms with Crippen molar-refractivity contribution < 1.29 is 17.9 Å². The number of sulfonamides is 1. The maximum atomic E-state index is 11.7. The van der Waals surface area contributed by atoms with Gasteiger partial charge in [-0.15, -0.1) is 11.6 Å². The molecular weight excluding hydrogens is 304 g/mol. The van der Waals surface area contributed by atoms with Gasteiger partial charge in [0, 0.05) is 17.3 Å². The minimum atomic E-state index is -3.37. The molecule has 2 N–H and O–H groups in total. The van der Waals surface area contributed by atoms with Crippen LogP contribution in [0.3, 0.4) is 0 Å². The summed E-state index contributed by atoms with van der Waals surface area (Å²) in [4.78, 5) is 11.0. The molecule has 0 aliphatic heterocycles. The lowest BCUT2D eigenvalue weighted by Gasteiger charge is -2.09. The first-order valence-electron chi connectivity index (χ1n) is 5.98. The number of carbonyl (C=O) groups excluding carboxylic acids is 1. The number of unbranched alkanes of at least 4 members (excludes halogenated alkanes) is 1. The molecule has 1 rings (SSSR count). The standard InChI is InChI=1S/C12H17ClN2O4S/c1-19-12(16)14-10-4-6-11(7-5-10)15-20(17,18)9-3-2-8-13/h4-7,15H,2-3,8-9H2,1H3,(H,14,16). The Morgan fingerprint density at radius 3 is 2.35 bits per heavy atom. The maximum Gasteiger partial charge on any atom is 0.411 e. The van der Waals surface area contributed by atoms with E-state index in [0.717, 1.165) is 0 Å². The van der Waals surface area contributed by atoms with Crippen molar-refractivity contribution >= 4 is 39.1 Å². The number of nitrogens with one attached hydrogen (secondary N) is 2. The molecule has 20 heavy (non-hydrogen) atoms. The number of rotatable bonds is 7. The van der Waals surface area contributed by atoms with Gasteiger partial charge in [-0.05, 0) is 37.1 Å². The summed E-state index contributed by atoms with van der Waals surface area (Å²) in [5, 5.41) is 2.47. The normalized spacial score (nSPS) is 10.9. The molecule has 0 aliphatic rings. The molecule has 0 heterocycles. The third-order valence-corrected chi connectivity index (χ3v) is 4.03. The predicted octanol–water partition coefficient (Wildman–Crippen LogP) is 2.63. The van der Waals surface area contributed by atoms with Crippen molar-refractivity contribution in [1.29, 1.82) is 0 Å². The maximum absolute atomic E-state index is 11.7. The van der Waals surface area contributed by atoms with Crippen LogP contribution < -0.4 is 10.0 Å². The van der Waals surface area contributed by atoms with Gasteiger partial charge in [-0.3, -0.25) is 10.0 Å². The Hall–Kier alpha value is -1.47. The molecule has 112 valence electrons. The fraction of sp³-hybridized carbons (Fsp3) is 0.417. The van der Waals surface area contributed by atoms with Crippen LogP contribution in [0.2, 0.25) is 0 Å². The summed E-state index contributed by atoms with van der Waals surface area (Å²) in [6.45, 7) is 0. The van der Waals surface area contributed by atoms with Crippen LogP contribution in [0.15, 0.2) is 24.3 Å². The van der Waals surface area contributed by atoms with E-state index < -0.39 is 16.1 Å². The van der Waals surface area contributed by atoms with E-state index in [-0.39, 0.29) is 5.75 Å². The Kier molecular flexibility index (Phi) is 6.60. The van der Waals surface area contributed by atoms with Crippen molar-refractivity contribution in [1.82, 2.24) is 0 Å². The molecule has 0 saturated carbocycles. The largest absolute Gasteiger partial charge is 0.453 e. The minimum Gasteiger partial charge on any atom is -0.453 e. The van der Waals surface area contributed by atoms with Crippen LogP contribution in [0, 0.1) is 0 Å². The summed E-state index contributed by atoms with van der Waals surface area (Å²) in [6, 6.07) is 6.27. The monoisotopic (exact) mass is 320 g/mol. The van der Waals surface area contributed by atoms with Gasteiger partial charge >= 0.3 is 6.09 Å². The number of halogens is 1. The highest BCUT2D eigenvalue weighted by molar-refractivity contribution is 7.92. The average Bonchev–Trinajstić information content (AvgIpc) is 2.40. The number of benzene rings is 1. The molecule has 1 amide bonds. The van der Waals surface area contributed by atoms with Crippen LogP contribution in [0.1, 0.15) is 12.8 Å². The molecule has 0 atom stereocenters. The molecule has 0 aromatic heterocycles. The predicted molar refractivity (Wildman–Crippen MR) is 79.8 cm³/mol. The molecule has 0 fully saturated rings. The van der Waals surface area contributed by atoms with Crippen molar-refractivity contribution in [3.05, 3.63) is 24.3 Å². The molecule has 0 aliphatic carbocycles. The van der Waals surface area contributed by atoms with Crippen molar-refractivity contribution in [3.8, 4) is 0 Å². The Bertz CT molecular complexity index is 531. The quantitative estimate of drug-likeness (QED) is 0.597. The Balaban J connectivity index is 2.58. The van der Waals surface area contributed by atoms with Crippen molar-refractivity contribution in [2.24, 2.45) is 0 Å². The first-order chi connectivity index (χ1) is 9.46. The van der Waals surface area contributed by atoms with Gasteiger partial charge in [0.05, 0.1) is 12.9 Å². The van der Waals surface area contributed by atoms with E-state index in [1.165, 1.54) is 7.11 Å². The first-order valence-corrected chi connectivity index (χ1v) is 8.17. The summed E-state index contributed by atoms with van der Waals surface area (Å²) in [7, 11) is -2.11. The number of ether oxygens (including phenoxy) is 1. The zero-order valence-electron chi connectivity index (χ0n) is 11.1. The number of alkyl halides is 1. The van der Waals surface area contributed by atoms with Crippen LogP contribution in [-0.2, 0) is 14.8 Å². The summed E-state index contributed by atoms with van der Waals surface area (Å²) in [5.74, 6) is 0.477. The molecule has 6 nitrogen and oxygen atoms in total. The van der Waals surface area contributed by atoms with E-state index in [4.69, 9.17) is 11.6 Å². The molecule has 1 aromatic rings. The number of methoxy groups -OCH3 is 1. The smallest absolute Gasteiger partial charge is 0.411 e. The van der Waals surface area contributed by atoms with Crippen LogP contribution in [-0.4, -0.2) is 33.3 Å². The highest BCUT2D eigenvalue weighted by atomic mass is 35.5. The Morgan fingerprint density at radius 2 is 1.80 bits per heavy atom. The van der Waals surface area contributed by atoms with E-state index in [0.29, 0.717) is 30.1 Å². The van der Waals surface area contributed by atoms with Crippen LogP contribution in [0.4, 0.5) is 16.2 Å². The Labute approximate surface area is 123 Å². The number of hydrogen-bond acceptors (Lipinski definition) is 4. The van der Waals surface area contributed by atoms with Crippen LogP contribution in [0.25, 0.3) is 0 Å². The molecule has 0 spiro atoms. The second kappa shape index (κ2) is 7.96. The molecule has 0 radical (unpaired) electrons. The lowest BCUT2D eigenvalue weighted by Crippen LogP contribution is -2.17. The van der Waals surface area contributed by atoms with Crippen LogP contribution in [0.5, 0.6) is 0 Å². The third kappa shape index (κ3) is 6.12. The van der Waals surface area contributed by atoms with Gasteiger partial charge in [0.1, 0.15) is 0 Å². The zero-order chi connectivity index (χ0) is 15.0. The van der Waals surface area contributed by atoms with Gasteiger partial charge in [0.2, 0.25) is 10.0 Å². The number of carbonyl (C=O) groups is 1. The van der Waals surface area contributed by atoms with Gasteiger partial charge in [-0.2, -0.15) is 0 Å². The van der Waals surface area contributed by atoms with Gasteiger partial charge < -0.3 is 4.74 Å². The lowest BCUT2D eigenvalue weighted by atomic mass is 10.3. The molecule has 0 bridgehead atoms.